The molecule has 0 radical (unpaired) electrons. The fourth-order valence-electron chi connectivity index (χ4n) is 13.8. The van der Waals surface area contributed by atoms with Gasteiger partial charge in [-0.15, -0.1) is 0 Å². The van der Waals surface area contributed by atoms with Gasteiger partial charge in [-0.2, -0.15) is 0 Å². The van der Waals surface area contributed by atoms with Gasteiger partial charge in [-0.05, 0) is 154 Å². The maximum absolute atomic E-state index is 13.1. The summed E-state index contributed by atoms with van der Waals surface area (Å²) in [6.07, 6.45) is 129. The van der Waals surface area contributed by atoms with Crippen LogP contribution in [0.3, 0.4) is 0 Å². The first-order chi connectivity index (χ1) is 61.2. The highest BCUT2D eigenvalue weighted by Gasteiger charge is 2.30. The van der Waals surface area contributed by atoms with Crippen molar-refractivity contribution in [3.63, 3.8) is 0 Å². The van der Waals surface area contributed by atoms with E-state index in [4.69, 9.17) is 32.3 Å². The van der Waals surface area contributed by atoms with Crippen molar-refractivity contribution >= 4 is 33.6 Å². The molecule has 0 aliphatic rings. The monoisotopic (exact) mass is 1790 g/mol. The second-order valence-corrected chi connectivity index (χ2v) is 36.4. The van der Waals surface area contributed by atoms with Gasteiger partial charge in [0.1, 0.15) is 25.4 Å². The van der Waals surface area contributed by atoms with Gasteiger partial charge < -0.3 is 34.2 Å². The lowest BCUT2D eigenvalue weighted by Crippen LogP contribution is -2.30. The van der Waals surface area contributed by atoms with E-state index in [0.717, 1.165) is 154 Å². The van der Waals surface area contributed by atoms with Crippen molar-refractivity contribution in [1.29, 1.82) is 0 Å². The number of phosphoric acid groups is 2. The molecule has 16 nitrogen and oxygen atoms in total. The zero-order chi connectivity index (χ0) is 90.7. The first-order valence-corrected chi connectivity index (χ1v) is 53.4. The van der Waals surface area contributed by atoms with E-state index in [1.54, 1.807) is 0 Å². The van der Waals surface area contributed by atoms with Crippen LogP contribution in [-0.2, 0) is 55.8 Å². The molecule has 0 bridgehead atoms. The summed E-state index contributed by atoms with van der Waals surface area (Å²) in [6.45, 7) is 2.47. The van der Waals surface area contributed by atoms with E-state index in [9.17, 15) is 43.5 Å². The van der Waals surface area contributed by atoms with Crippen molar-refractivity contribution < 1.29 is 75.8 Å². The Bertz CT molecular complexity index is 2950. The lowest BCUT2D eigenvalue weighted by Gasteiger charge is -2.21. The molecule has 4 N–H and O–H groups in total. The van der Waals surface area contributed by atoms with E-state index in [1.807, 2.05) is 0 Å². The molecule has 0 aliphatic heterocycles. The van der Waals surface area contributed by atoms with Crippen LogP contribution in [0.25, 0.3) is 0 Å². The van der Waals surface area contributed by atoms with E-state index in [1.165, 1.54) is 218 Å². The van der Waals surface area contributed by atoms with Gasteiger partial charge in [0.05, 0.1) is 26.4 Å². The Morgan fingerprint density at radius 3 is 0.672 bits per heavy atom. The Morgan fingerprint density at radius 1 is 0.232 bits per heavy atom. The summed E-state index contributed by atoms with van der Waals surface area (Å²) >= 11 is 0. The number of aliphatic hydroxyl groups is 2. The van der Waals surface area contributed by atoms with Gasteiger partial charge in [0, 0.05) is 19.3 Å². The van der Waals surface area contributed by atoms with E-state index in [2.05, 4.69) is 191 Å². The summed E-state index contributed by atoms with van der Waals surface area (Å²) in [5.74, 6) is -1.58. The number of carbonyl (C=O) groups is 3. The van der Waals surface area contributed by atoms with Crippen LogP contribution in [-0.4, -0.2) is 95.9 Å². The molecule has 0 heterocycles. The van der Waals surface area contributed by atoms with Crippen LogP contribution in [0.4, 0.5) is 0 Å². The van der Waals surface area contributed by atoms with Crippen molar-refractivity contribution in [1.82, 2.24) is 0 Å². The van der Waals surface area contributed by atoms with Crippen molar-refractivity contribution in [2.24, 2.45) is 0 Å². The highest BCUT2D eigenvalue weighted by Crippen LogP contribution is 2.45. The van der Waals surface area contributed by atoms with Gasteiger partial charge in [-0.3, -0.25) is 32.5 Å². The molecule has 18 heteroatoms. The van der Waals surface area contributed by atoms with Gasteiger partial charge in [-0.25, -0.2) is 9.13 Å². The van der Waals surface area contributed by atoms with E-state index >= 15 is 0 Å². The van der Waals surface area contributed by atoms with Crippen molar-refractivity contribution in [2.45, 2.75) is 450 Å². The average molecular weight is 1790 g/mol. The van der Waals surface area contributed by atoms with E-state index < -0.39 is 91.5 Å². The fourth-order valence-corrected chi connectivity index (χ4v) is 15.4. The largest absolute Gasteiger partial charge is 0.472 e. The second-order valence-electron chi connectivity index (χ2n) is 33.5. The Kier molecular flexibility index (Phi) is 94.0. The van der Waals surface area contributed by atoms with Crippen LogP contribution in [0, 0.1) is 0 Å². The van der Waals surface area contributed by atoms with Gasteiger partial charge >= 0.3 is 33.6 Å². The number of allylic oxidation sites excluding steroid dienone is 28. The minimum absolute atomic E-state index is 0.0801. The molecule has 0 amide bonds. The summed E-state index contributed by atoms with van der Waals surface area (Å²) in [6, 6.07) is 0. The molecule has 0 fully saturated rings. The van der Waals surface area contributed by atoms with E-state index in [0.29, 0.717) is 19.3 Å². The molecule has 0 spiro atoms. The number of hydrogen-bond acceptors (Lipinski definition) is 14. The molecule has 0 saturated heterocycles. The lowest BCUT2D eigenvalue weighted by molar-refractivity contribution is -0.161. The quantitative estimate of drug-likeness (QED) is 0.0146. The lowest BCUT2D eigenvalue weighted by atomic mass is 10.0. The predicted octanol–water partition coefficient (Wildman–Crippen LogP) is 31.8. The molecule has 5 atom stereocenters. The molecule has 0 rings (SSSR count). The molecular formula is C107H184O16P2. The Hall–Kier alpha value is -5.09. The summed E-state index contributed by atoms with van der Waals surface area (Å²) < 4.78 is 61.6. The highest BCUT2D eigenvalue weighted by atomic mass is 31.2. The van der Waals surface area contributed by atoms with E-state index in [-0.39, 0.29) is 19.3 Å². The fraction of sp³-hybridized carbons (Fsp3) is 0.710. The van der Waals surface area contributed by atoms with Crippen LogP contribution in [0.5, 0.6) is 0 Å². The number of aliphatic hydroxyl groups excluding tert-OH is 2. The SMILES string of the molecule is CC/C=C\C/C=C\C/C=C\C/C=C\C/C=C\CCCCCCCCCCCCCCCCCCCCCC(=O)OCC(O)COP(=O)(O)OCC(O)COP(=O)(O)OCC(COC(=O)CCCCCCCCCCCCCCCCCCC/C=C\C/C=C\C/C=C\C/C=C\CCCCC)OC(=O)CCCCCCC/C=C\C/C=C\C/C=C\C/C=C\C/C=C\CC. The number of esters is 3. The van der Waals surface area contributed by atoms with Crippen molar-refractivity contribution in [3.05, 3.63) is 170 Å². The third-order valence-electron chi connectivity index (χ3n) is 21.4. The summed E-state index contributed by atoms with van der Waals surface area (Å²) in [5, 5.41) is 20.8. The summed E-state index contributed by atoms with van der Waals surface area (Å²) in [4.78, 5) is 59.1. The van der Waals surface area contributed by atoms with Crippen LogP contribution in [0.1, 0.15) is 432 Å². The molecule has 718 valence electrons. The molecule has 5 unspecified atom stereocenters. The first kappa shape index (κ1) is 120. The Balaban J connectivity index is 4.52. The number of carbonyl (C=O) groups excluding carboxylic acids is 3. The number of ether oxygens (including phenoxy) is 3. The van der Waals surface area contributed by atoms with Crippen molar-refractivity contribution in [3.8, 4) is 0 Å². The van der Waals surface area contributed by atoms with Crippen LogP contribution >= 0.6 is 15.6 Å². The zero-order valence-electron chi connectivity index (χ0n) is 79.5. The van der Waals surface area contributed by atoms with Gasteiger partial charge in [0.2, 0.25) is 0 Å². The second kappa shape index (κ2) is 98.0. The van der Waals surface area contributed by atoms with Crippen LogP contribution < -0.4 is 0 Å². The number of phosphoric ester groups is 2. The predicted molar refractivity (Wildman–Crippen MR) is 528 cm³/mol. The minimum atomic E-state index is -4.95. The average Bonchev–Trinajstić information content (AvgIpc) is 0.895. The number of rotatable bonds is 95. The molecular weight excluding hydrogens is 1600 g/mol. The number of unbranched alkanes of at least 4 members (excludes halogenated alkanes) is 44. The smallest absolute Gasteiger partial charge is 0.463 e. The number of hydrogen-bond donors (Lipinski definition) is 4. The third-order valence-corrected chi connectivity index (χ3v) is 23.3. The summed E-state index contributed by atoms with van der Waals surface area (Å²) in [7, 11) is -9.82. The standard InChI is InChI=1S/C107H184O16P2/c1-4-7-10-13-16-19-22-25-28-31-34-37-39-41-43-45-47-49-50-52-54-55-57-59-61-64-66-69-72-75-78-81-84-87-90-93-105(110)117-96-102(108)97-119-124(113,114)120-98-103(109)99-121-125(115,116)122-101-104(123-107(112)95-92-89-86-83-80-77-74-71-68-63-36-33-30-27-24-21-18-15-12-9-6-3)100-118-106(111)94-91-88-85-82-79-76-73-70-67-65-62-60-58-56-53-51-48-46-44-42-40-38-35-32-29-26-23-20-17-14-11-8-5-2/h7,9-10,12,16-21,25-30,34-38,41-44,63,71,74,102-104,108-109H,4-6,8,11,13-15,22-24,31-33,39-40,45-62,64-70,72-73,75-101H2,1-3H3,(H,113,114)(H,115,116)/b10-7-,12-9-,19-16-,20-17-,21-18-,28-25-,29-26-,30-27-,37-34-,38-35-,43-41-,44-42-,63-36-,74-71-. The molecule has 125 heavy (non-hydrogen) atoms. The molecule has 0 saturated carbocycles. The maximum Gasteiger partial charge on any atom is 0.472 e. The van der Waals surface area contributed by atoms with Gasteiger partial charge in [0.25, 0.3) is 0 Å². The minimum Gasteiger partial charge on any atom is -0.463 e. The molecule has 0 aliphatic carbocycles. The third kappa shape index (κ3) is 99.3. The van der Waals surface area contributed by atoms with Crippen molar-refractivity contribution in [2.75, 3.05) is 39.6 Å². The normalized spacial score (nSPS) is 14.4. The zero-order valence-corrected chi connectivity index (χ0v) is 81.3. The molecule has 0 aromatic carbocycles. The molecule has 0 aromatic rings. The Morgan fingerprint density at radius 2 is 0.424 bits per heavy atom. The Labute approximate surface area is 764 Å². The molecule has 0 aromatic heterocycles. The highest BCUT2D eigenvalue weighted by molar-refractivity contribution is 7.47. The maximum atomic E-state index is 13.1. The van der Waals surface area contributed by atoms with Gasteiger partial charge in [0.15, 0.2) is 6.10 Å². The topological polar surface area (TPSA) is 231 Å². The van der Waals surface area contributed by atoms with Crippen LogP contribution in [0.2, 0.25) is 0 Å². The summed E-state index contributed by atoms with van der Waals surface area (Å²) in [5.41, 5.74) is 0. The van der Waals surface area contributed by atoms with Gasteiger partial charge in [-0.1, -0.05) is 428 Å². The first-order valence-electron chi connectivity index (χ1n) is 50.4. The van der Waals surface area contributed by atoms with Crippen LogP contribution in [0.15, 0.2) is 170 Å².